The van der Waals surface area contributed by atoms with E-state index in [9.17, 15) is 19.5 Å². The lowest BCUT2D eigenvalue weighted by atomic mass is 10.0. The van der Waals surface area contributed by atoms with Crippen LogP contribution in [0.5, 0.6) is 5.75 Å². The van der Waals surface area contributed by atoms with Gasteiger partial charge in [0.25, 0.3) is 0 Å². The summed E-state index contributed by atoms with van der Waals surface area (Å²) in [6.45, 7) is 17.7. The number of aromatic amines is 1. The van der Waals surface area contributed by atoms with Gasteiger partial charge >= 0.3 is 6.09 Å². The highest BCUT2D eigenvalue weighted by molar-refractivity contribution is 6.74. The largest absolute Gasteiger partial charge is 0.506 e. The lowest BCUT2D eigenvalue weighted by molar-refractivity contribution is -0.132. The van der Waals surface area contributed by atoms with Gasteiger partial charge in [0, 0.05) is 62.8 Å². The number of para-hydroxylation sites is 1. The number of phenolic OH excluding ortho intramolecular Hbond substituents is 1. The van der Waals surface area contributed by atoms with Crippen LogP contribution in [0.4, 0.5) is 10.5 Å². The number of aromatic hydroxyl groups is 1. The Morgan fingerprint density at radius 2 is 1.57 bits per heavy atom. The van der Waals surface area contributed by atoms with Gasteiger partial charge in [-0.3, -0.25) is 14.9 Å². The van der Waals surface area contributed by atoms with Crippen LogP contribution in [-0.4, -0.2) is 105 Å². The molecule has 12 nitrogen and oxygen atoms in total. The van der Waals surface area contributed by atoms with E-state index in [1.54, 1.807) is 12.1 Å². The maximum Gasteiger partial charge on any atom is 0.411 e. The summed E-state index contributed by atoms with van der Waals surface area (Å²) in [5, 5.41) is 17.9. The summed E-state index contributed by atoms with van der Waals surface area (Å²) < 4.78 is 18.9. The van der Waals surface area contributed by atoms with E-state index in [2.05, 4.69) is 78.6 Å². The smallest absolute Gasteiger partial charge is 0.411 e. The average Bonchev–Trinajstić information content (AvgIpc) is 3.96. The van der Waals surface area contributed by atoms with Crippen LogP contribution in [0, 0.1) is 17.8 Å². The monoisotopic (exact) mass is 956 g/mol. The standard InChI is InChI=1S/C56H73N5O7Si/c1-56(2,3)69(4,5)68-51(47-21-23-50(62)54-48(47)22-24-52(63)59-54)35-57-28-30-61(36-41-19-20-41)53(64)27-32-66-31-26-40-17-15-39(16-18-40)25-29-60-37-43-33-45(34-44(43)38-60)67-55(65)58-49-14-10-9-13-46(49)42-11-7-6-8-12-42/h6-18,21-24,41,43-45,51,57,62H,19-20,25-38H2,1-5H3,(H,58,65)(H,59,63)/t43-,44+,45?,51-/m0/s1. The van der Waals surface area contributed by atoms with Crippen LogP contribution in [0.1, 0.15) is 75.7 Å². The molecule has 13 heteroatoms. The summed E-state index contributed by atoms with van der Waals surface area (Å²) in [7, 11) is -2.22. The first-order valence-corrected chi connectivity index (χ1v) is 28.1. The normalized spacial score (nSPS) is 18.8. The molecule has 0 bridgehead atoms. The second kappa shape index (κ2) is 22.6. The third-order valence-electron chi connectivity index (χ3n) is 15.0. The van der Waals surface area contributed by atoms with Gasteiger partial charge in [-0.2, -0.15) is 0 Å². The number of aromatic nitrogens is 1. The molecule has 1 saturated heterocycles. The highest BCUT2D eigenvalue weighted by Crippen LogP contribution is 2.42. The number of amides is 2. The van der Waals surface area contributed by atoms with Gasteiger partial charge in [-0.15, -0.1) is 0 Å². The second-order valence-corrected chi connectivity index (χ2v) is 25.9. The van der Waals surface area contributed by atoms with Gasteiger partial charge in [0.2, 0.25) is 11.5 Å². The van der Waals surface area contributed by atoms with Crippen molar-refractivity contribution in [1.29, 1.82) is 0 Å². The molecule has 0 radical (unpaired) electrons. The fourth-order valence-corrected chi connectivity index (χ4v) is 11.1. The van der Waals surface area contributed by atoms with Gasteiger partial charge in [-0.1, -0.05) is 99.6 Å². The summed E-state index contributed by atoms with van der Waals surface area (Å²) in [4.78, 5) is 46.0. The average molecular weight is 956 g/mol. The molecule has 2 amide bonds. The van der Waals surface area contributed by atoms with Gasteiger partial charge in [0.1, 0.15) is 11.9 Å². The van der Waals surface area contributed by atoms with E-state index in [-0.39, 0.29) is 40.6 Å². The first-order chi connectivity index (χ1) is 33.2. The molecule has 4 N–H and O–H groups in total. The van der Waals surface area contributed by atoms with Crippen molar-refractivity contribution in [2.75, 3.05) is 64.3 Å². The van der Waals surface area contributed by atoms with E-state index in [0.717, 1.165) is 92.5 Å². The molecule has 2 aliphatic carbocycles. The van der Waals surface area contributed by atoms with Crippen LogP contribution in [-0.2, 0) is 31.5 Å². The van der Waals surface area contributed by atoms with Crippen LogP contribution < -0.4 is 16.2 Å². The molecule has 2 heterocycles. The van der Waals surface area contributed by atoms with E-state index >= 15 is 0 Å². The zero-order chi connectivity index (χ0) is 48.5. The van der Waals surface area contributed by atoms with Crippen LogP contribution >= 0.6 is 0 Å². The molecule has 8 rings (SSSR count). The van der Waals surface area contributed by atoms with Crippen molar-refractivity contribution in [3.8, 4) is 16.9 Å². The van der Waals surface area contributed by atoms with Crippen molar-refractivity contribution < 1.29 is 28.6 Å². The van der Waals surface area contributed by atoms with Crippen LogP contribution in [0.25, 0.3) is 22.0 Å². The number of fused-ring (bicyclic) bond motifs is 2. The van der Waals surface area contributed by atoms with Crippen molar-refractivity contribution in [3.05, 3.63) is 130 Å². The number of nitrogens with zero attached hydrogens (tertiary/aromatic N) is 2. The van der Waals surface area contributed by atoms with Gasteiger partial charge in [0.05, 0.1) is 36.9 Å². The Balaban J connectivity index is 0.725. The van der Waals surface area contributed by atoms with Gasteiger partial charge < -0.3 is 39.1 Å². The molecule has 1 aromatic heterocycles. The summed E-state index contributed by atoms with van der Waals surface area (Å²) >= 11 is 0. The predicted octanol–water partition coefficient (Wildman–Crippen LogP) is 9.94. The summed E-state index contributed by atoms with van der Waals surface area (Å²) in [6, 6.07) is 33.5. The van der Waals surface area contributed by atoms with Gasteiger partial charge in [-0.25, -0.2) is 4.79 Å². The third kappa shape index (κ3) is 13.5. The first-order valence-electron chi connectivity index (χ1n) is 25.2. The highest BCUT2D eigenvalue weighted by atomic mass is 28.4. The third-order valence-corrected chi connectivity index (χ3v) is 19.4. The van der Waals surface area contributed by atoms with Gasteiger partial charge in [-0.05, 0) is 115 Å². The molecular weight excluding hydrogens is 883 g/mol. The van der Waals surface area contributed by atoms with E-state index < -0.39 is 8.32 Å². The lowest BCUT2D eigenvalue weighted by Crippen LogP contribution is -2.44. The predicted molar refractivity (Wildman–Crippen MR) is 277 cm³/mol. The Morgan fingerprint density at radius 1 is 0.870 bits per heavy atom. The van der Waals surface area contributed by atoms with E-state index in [4.69, 9.17) is 13.9 Å². The number of ether oxygens (including phenoxy) is 2. The minimum atomic E-state index is -2.22. The number of carbonyl (C=O) groups excluding carboxylic acids is 2. The number of pyridine rings is 1. The molecule has 368 valence electrons. The highest BCUT2D eigenvalue weighted by Gasteiger charge is 2.42. The molecule has 1 unspecified atom stereocenters. The molecule has 69 heavy (non-hydrogen) atoms. The molecule has 4 atom stereocenters. The fraction of sp³-hybridized carbons (Fsp3) is 0.482. The van der Waals surface area contributed by atoms with Crippen LogP contribution in [0.15, 0.2) is 108 Å². The Kier molecular flexibility index (Phi) is 16.4. The Hall–Kier alpha value is -5.31. The number of hydrogen-bond donors (Lipinski definition) is 4. The number of carbonyl (C=O) groups is 2. The summed E-state index contributed by atoms with van der Waals surface area (Å²) in [5.74, 6) is 1.83. The molecular formula is C56H73N5O7Si. The zero-order valence-electron chi connectivity index (χ0n) is 41.3. The minimum absolute atomic E-state index is 0.0205. The molecule has 0 spiro atoms. The van der Waals surface area contributed by atoms with Crippen LogP contribution in [0.2, 0.25) is 18.1 Å². The maximum atomic E-state index is 13.5. The van der Waals surface area contributed by atoms with Crippen molar-refractivity contribution >= 4 is 36.9 Å². The second-order valence-electron chi connectivity index (χ2n) is 21.1. The quantitative estimate of drug-likeness (QED) is 0.0394. The van der Waals surface area contributed by atoms with E-state index in [0.29, 0.717) is 62.5 Å². The van der Waals surface area contributed by atoms with E-state index in [1.807, 2.05) is 65.6 Å². The number of likely N-dealkylation sites (tertiary alicyclic amines) is 1. The number of benzene rings is 4. The molecule has 1 aliphatic heterocycles. The zero-order valence-corrected chi connectivity index (χ0v) is 42.3. The number of hydrogen-bond acceptors (Lipinski definition) is 9. The maximum absolute atomic E-state index is 13.5. The number of anilines is 1. The van der Waals surface area contributed by atoms with E-state index in [1.165, 1.54) is 17.2 Å². The topological polar surface area (TPSA) is 145 Å². The van der Waals surface area contributed by atoms with Crippen molar-refractivity contribution in [1.82, 2.24) is 20.1 Å². The fourth-order valence-electron chi connectivity index (χ4n) is 9.81. The number of rotatable bonds is 22. The summed E-state index contributed by atoms with van der Waals surface area (Å²) in [5.41, 5.74) is 6.39. The Labute approximate surface area is 409 Å². The minimum Gasteiger partial charge on any atom is -0.506 e. The molecule has 5 aromatic rings. The lowest BCUT2D eigenvalue weighted by Gasteiger charge is -2.39. The first kappa shape index (κ1) is 50.1. The Morgan fingerprint density at radius 3 is 2.28 bits per heavy atom. The molecule has 2 saturated carbocycles. The molecule has 4 aromatic carbocycles. The number of nitrogens with one attached hydrogen (secondary N) is 3. The SMILES string of the molecule is CC(C)(C)[Si](C)(C)O[C@@H](CNCCN(CC1CC1)C(=O)CCOCCc1ccc(CCN2C[C@H]3CC(OC(=O)Nc4ccccc4-c4ccccc4)C[C@H]3C2)cc1)c1ccc(O)c2[nH]c(=O)ccc12. The Bertz CT molecular complexity index is 2540. The van der Waals surface area contributed by atoms with Crippen molar-refractivity contribution in [2.45, 2.75) is 96.1 Å². The van der Waals surface area contributed by atoms with Crippen molar-refractivity contribution in [2.24, 2.45) is 17.8 Å². The number of H-pyrrole nitrogens is 1. The number of phenols is 1. The van der Waals surface area contributed by atoms with Crippen LogP contribution in [0.3, 0.4) is 0 Å². The molecule has 3 fully saturated rings. The summed E-state index contributed by atoms with van der Waals surface area (Å²) in [6.07, 6.45) is 5.56. The van der Waals surface area contributed by atoms with Crippen molar-refractivity contribution in [3.63, 3.8) is 0 Å². The molecule has 3 aliphatic rings. The van der Waals surface area contributed by atoms with Gasteiger partial charge in [0.15, 0.2) is 8.32 Å².